The van der Waals surface area contributed by atoms with Crippen LogP contribution in [0.15, 0.2) is 36.4 Å². The average Bonchev–Trinajstić information content (AvgIpc) is 2.47. The molecule has 20 heavy (non-hydrogen) atoms. The van der Waals surface area contributed by atoms with Crippen LogP contribution in [-0.2, 0) is 5.60 Å². The summed E-state index contributed by atoms with van der Waals surface area (Å²) in [6.45, 7) is 1.99. The van der Waals surface area contributed by atoms with E-state index in [1.165, 1.54) is 30.0 Å². The standard InChI is InChI=1S/C18H21OSi/c1-18(19,15-5-3-2-4-6-15)16-9-7-14-12-17(20)10-8-13(14)11-16/h7-12,15,19H,2-6H2,1H3. The Bertz CT molecular complexity index is 612. The Morgan fingerprint density at radius 2 is 1.65 bits per heavy atom. The molecular weight excluding hydrogens is 260 g/mol. The maximum atomic E-state index is 11.0. The summed E-state index contributed by atoms with van der Waals surface area (Å²) in [6.07, 6.45) is 6.11. The molecule has 1 fully saturated rings. The molecule has 1 aliphatic rings. The Balaban J connectivity index is 1.97. The van der Waals surface area contributed by atoms with Crippen molar-refractivity contribution in [2.45, 2.75) is 44.6 Å². The minimum Gasteiger partial charge on any atom is -0.385 e. The fourth-order valence-electron chi connectivity index (χ4n) is 3.46. The van der Waals surface area contributed by atoms with Gasteiger partial charge in [-0.05, 0) is 48.1 Å². The SMILES string of the molecule is CC(O)(c1ccc2cc([Si])ccc2c1)C1CCCCC1. The zero-order valence-corrected chi connectivity index (χ0v) is 13.0. The van der Waals surface area contributed by atoms with Crippen molar-refractivity contribution in [2.24, 2.45) is 5.92 Å². The molecule has 1 aliphatic carbocycles. The summed E-state index contributed by atoms with van der Waals surface area (Å²) in [5.74, 6) is 0.392. The second-order valence-corrected chi connectivity index (χ2v) is 6.84. The first kappa shape index (κ1) is 13.8. The molecular formula is C18H21OSi. The van der Waals surface area contributed by atoms with Crippen LogP contribution in [0.5, 0.6) is 0 Å². The van der Waals surface area contributed by atoms with Crippen LogP contribution in [0.1, 0.15) is 44.6 Å². The van der Waals surface area contributed by atoms with E-state index in [4.69, 9.17) is 0 Å². The monoisotopic (exact) mass is 281 g/mol. The molecule has 103 valence electrons. The van der Waals surface area contributed by atoms with Crippen LogP contribution in [-0.4, -0.2) is 15.3 Å². The fraction of sp³-hybridized carbons (Fsp3) is 0.444. The molecule has 0 heterocycles. The number of fused-ring (bicyclic) bond motifs is 1. The third-order valence-corrected chi connectivity index (χ3v) is 5.14. The van der Waals surface area contributed by atoms with E-state index in [9.17, 15) is 5.11 Å². The van der Waals surface area contributed by atoms with E-state index in [0.29, 0.717) is 5.92 Å². The van der Waals surface area contributed by atoms with Crippen LogP contribution in [0.3, 0.4) is 0 Å². The molecule has 0 bridgehead atoms. The molecule has 1 unspecified atom stereocenters. The van der Waals surface area contributed by atoms with Gasteiger partial charge in [0.05, 0.1) is 15.8 Å². The highest BCUT2D eigenvalue weighted by Gasteiger charge is 2.34. The van der Waals surface area contributed by atoms with Crippen LogP contribution in [0, 0.1) is 5.92 Å². The van der Waals surface area contributed by atoms with Gasteiger partial charge in [0.25, 0.3) is 0 Å². The molecule has 0 saturated heterocycles. The van der Waals surface area contributed by atoms with Crippen LogP contribution < -0.4 is 5.19 Å². The van der Waals surface area contributed by atoms with Gasteiger partial charge in [-0.3, -0.25) is 0 Å². The van der Waals surface area contributed by atoms with Crippen molar-refractivity contribution in [3.63, 3.8) is 0 Å². The van der Waals surface area contributed by atoms with Crippen LogP contribution in [0.25, 0.3) is 10.8 Å². The molecule has 0 amide bonds. The predicted molar refractivity (Wildman–Crippen MR) is 85.5 cm³/mol. The first-order valence-corrected chi connectivity index (χ1v) is 8.05. The van der Waals surface area contributed by atoms with E-state index in [0.717, 1.165) is 23.6 Å². The summed E-state index contributed by atoms with van der Waals surface area (Å²) in [6, 6.07) is 12.6. The lowest BCUT2D eigenvalue weighted by atomic mass is 9.74. The maximum absolute atomic E-state index is 11.0. The van der Waals surface area contributed by atoms with E-state index in [1.807, 2.05) is 6.92 Å². The summed E-state index contributed by atoms with van der Waals surface area (Å²) in [7, 11) is 3.55. The fourth-order valence-corrected chi connectivity index (χ4v) is 3.70. The molecule has 2 aromatic rings. The minimum absolute atomic E-state index is 0.392. The minimum atomic E-state index is -0.707. The Kier molecular flexibility index (Phi) is 3.70. The van der Waals surface area contributed by atoms with Gasteiger partial charge in [0.2, 0.25) is 0 Å². The summed E-state index contributed by atoms with van der Waals surface area (Å²) in [4.78, 5) is 0. The lowest BCUT2D eigenvalue weighted by molar-refractivity contribution is -0.0214. The van der Waals surface area contributed by atoms with Crippen molar-refractivity contribution in [1.29, 1.82) is 0 Å². The summed E-state index contributed by atoms with van der Waals surface area (Å²) in [5.41, 5.74) is 0.347. The number of aliphatic hydroxyl groups is 1. The molecule has 2 heteroatoms. The molecule has 1 nitrogen and oxygen atoms in total. The van der Waals surface area contributed by atoms with Crippen molar-refractivity contribution in [3.05, 3.63) is 42.0 Å². The summed E-state index contributed by atoms with van der Waals surface area (Å²) >= 11 is 0. The van der Waals surface area contributed by atoms with E-state index in [-0.39, 0.29) is 0 Å². The van der Waals surface area contributed by atoms with Crippen LogP contribution >= 0.6 is 0 Å². The number of hydrogen-bond donors (Lipinski definition) is 1. The summed E-state index contributed by atoms with van der Waals surface area (Å²) < 4.78 is 0. The molecule has 0 aliphatic heterocycles. The third kappa shape index (κ3) is 2.55. The Hall–Kier alpha value is -1.12. The predicted octanol–water partition coefficient (Wildman–Crippen LogP) is 3.42. The molecule has 0 spiro atoms. The first-order chi connectivity index (χ1) is 9.57. The van der Waals surface area contributed by atoms with E-state index in [1.54, 1.807) is 0 Å². The third-order valence-electron chi connectivity index (χ3n) is 4.82. The lowest BCUT2D eigenvalue weighted by Gasteiger charge is -2.36. The van der Waals surface area contributed by atoms with Gasteiger partial charge in [-0.2, -0.15) is 0 Å². The number of rotatable bonds is 2. The smallest absolute Gasteiger partial charge is 0.0896 e. The van der Waals surface area contributed by atoms with Crippen molar-refractivity contribution < 1.29 is 5.11 Å². The molecule has 2 aromatic carbocycles. The average molecular weight is 281 g/mol. The van der Waals surface area contributed by atoms with Gasteiger partial charge in [0, 0.05) is 0 Å². The number of hydrogen-bond acceptors (Lipinski definition) is 1. The highest BCUT2D eigenvalue weighted by atomic mass is 28.1. The van der Waals surface area contributed by atoms with E-state index < -0.39 is 5.60 Å². The van der Waals surface area contributed by atoms with Crippen molar-refractivity contribution in [1.82, 2.24) is 0 Å². The highest BCUT2D eigenvalue weighted by molar-refractivity contribution is 6.33. The largest absolute Gasteiger partial charge is 0.385 e. The van der Waals surface area contributed by atoms with Gasteiger partial charge >= 0.3 is 0 Å². The normalized spacial score (nSPS) is 19.9. The Labute approximate surface area is 124 Å². The Morgan fingerprint density at radius 3 is 2.40 bits per heavy atom. The molecule has 3 rings (SSSR count). The zero-order valence-electron chi connectivity index (χ0n) is 12.0. The van der Waals surface area contributed by atoms with Gasteiger partial charge in [-0.1, -0.05) is 54.8 Å². The Morgan fingerprint density at radius 1 is 1.00 bits per heavy atom. The second kappa shape index (κ2) is 5.34. The number of benzene rings is 2. The van der Waals surface area contributed by atoms with Crippen molar-refractivity contribution >= 4 is 26.2 Å². The highest BCUT2D eigenvalue weighted by Crippen LogP contribution is 2.39. The van der Waals surface area contributed by atoms with Crippen LogP contribution in [0.2, 0.25) is 0 Å². The van der Waals surface area contributed by atoms with E-state index in [2.05, 4.69) is 46.6 Å². The zero-order chi connectivity index (χ0) is 14.2. The van der Waals surface area contributed by atoms with Gasteiger partial charge in [0.15, 0.2) is 0 Å². The topological polar surface area (TPSA) is 20.2 Å². The van der Waals surface area contributed by atoms with Gasteiger partial charge < -0.3 is 5.11 Å². The molecule has 1 saturated carbocycles. The van der Waals surface area contributed by atoms with Gasteiger partial charge in [-0.15, -0.1) is 0 Å². The summed E-state index contributed by atoms with van der Waals surface area (Å²) in [5, 5.41) is 14.5. The van der Waals surface area contributed by atoms with Crippen molar-refractivity contribution in [3.8, 4) is 0 Å². The lowest BCUT2D eigenvalue weighted by Crippen LogP contribution is -2.33. The van der Waals surface area contributed by atoms with Crippen molar-refractivity contribution in [2.75, 3.05) is 0 Å². The molecule has 0 aromatic heterocycles. The van der Waals surface area contributed by atoms with Gasteiger partial charge in [-0.25, -0.2) is 0 Å². The van der Waals surface area contributed by atoms with Crippen LogP contribution in [0.4, 0.5) is 0 Å². The maximum Gasteiger partial charge on any atom is 0.0896 e. The molecule has 3 radical (unpaired) electrons. The van der Waals surface area contributed by atoms with Gasteiger partial charge in [0.1, 0.15) is 0 Å². The molecule has 1 atom stereocenters. The molecule has 1 N–H and O–H groups in total. The first-order valence-electron chi connectivity index (χ1n) is 7.55. The van der Waals surface area contributed by atoms with E-state index >= 15 is 0 Å². The second-order valence-electron chi connectivity index (χ2n) is 6.26. The quantitative estimate of drug-likeness (QED) is 0.836.